The van der Waals surface area contributed by atoms with Gasteiger partial charge >= 0.3 is 18.5 Å². The van der Waals surface area contributed by atoms with E-state index in [1.807, 2.05) is 0 Å². The Morgan fingerprint density at radius 2 is 1.00 bits per heavy atom. The van der Waals surface area contributed by atoms with Crippen molar-refractivity contribution in [3.05, 3.63) is 33.4 Å². The Hall–Kier alpha value is -2.94. The second-order valence-corrected chi connectivity index (χ2v) is 4.41. The normalized spacial score (nSPS) is 12.2. The fraction of sp³-hybridized carbons (Fsp3) is 0.308. The van der Waals surface area contributed by atoms with Crippen molar-refractivity contribution in [2.24, 2.45) is 0 Å². The molecule has 25 heavy (non-hydrogen) atoms. The average Bonchev–Trinajstić information content (AvgIpc) is 2.42. The third kappa shape index (κ3) is 3.61. The molecule has 0 aromatic heterocycles. The predicted octanol–water partition coefficient (Wildman–Crippen LogP) is 4.55. The summed E-state index contributed by atoms with van der Waals surface area (Å²) >= 11 is 0. The maximum absolute atomic E-state index is 13.1. The van der Waals surface area contributed by atoms with Gasteiger partial charge in [-0.3, -0.25) is 0 Å². The molecular weight excluding hydrogens is 369 g/mol. The molecule has 0 aliphatic heterocycles. The summed E-state index contributed by atoms with van der Waals surface area (Å²) < 4.78 is 118. The van der Waals surface area contributed by atoms with Gasteiger partial charge in [0.1, 0.15) is 12.1 Å². The summed E-state index contributed by atoms with van der Waals surface area (Å²) in [5.74, 6) is 0. The van der Waals surface area contributed by atoms with E-state index in [1.54, 1.807) is 0 Å². The van der Waals surface area contributed by atoms with Gasteiger partial charge in [-0.2, -0.15) is 55.3 Å². The lowest BCUT2D eigenvalue weighted by Crippen LogP contribution is -2.27. The molecule has 0 spiro atoms. The lowest BCUT2D eigenvalue weighted by molar-refractivity contribution is -0.175. The van der Waals surface area contributed by atoms with E-state index in [2.05, 4.69) is 0 Å². The summed E-state index contributed by atoms with van der Waals surface area (Å²) in [6.45, 7) is 0. The molecular formula is C13H2F9N3. The molecule has 0 saturated carbocycles. The second kappa shape index (κ2) is 6.17. The summed E-state index contributed by atoms with van der Waals surface area (Å²) in [7, 11) is 0. The molecule has 0 amide bonds. The zero-order chi connectivity index (χ0) is 19.8. The van der Waals surface area contributed by atoms with Crippen LogP contribution < -0.4 is 0 Å². The van der Waals surface area contributed by atoms with Crippen molar-refractivity contribution in [2.45, 2.75) is 24.9 Å². The lowest BCUT2D eigenvalue weighted by Gasteiger charge is -2.24. The van der Waals surface area contributed by atoms with Crippen LogP contribution in [0.3, 0.4) is 0 Å². The van der Waals surface area contributed by atoms with Crippen LogP contribution in [0.15, 0.2) is 0 Å². The van der Waals surface area contributed by atoms with Gasteiger partial charge < -0.3 is 0 Å². The highest BCUT2D eigenvalue weighted by Gasteiger charge is 2.53. The third-order valence-corrected chi connectivity index (χ3v) is 2.93. The number of hydrogen-bond acceptors (Lipinski definition) is 3. The lowest BCUT2D eigenvalue weighted by atomic mass is 9.85. The van der Waals surface area contributed by atoms with E-state index in [9.17, 15) is 39.5 Å². The summed E-state index contributed by atoms with van der Waals surface area (Å²) in [5, 5.41) is 26.0. The molecule has 12 heteroatoms. The molecule has 132 valence electrons. The van der Waals surface area contributed by atoms with E-state index < -0.39 is 58.3 Å². The van der Waals surface area contributed by atoms with Gasteiger partial charge in [0.15, 0.2) is 0 Å². The van der Waals surface area contributed by atoms with Crippen LogP contribution in [-0.4, -0.2) is 0 Å². The first-order chi connectivity index (χ1) is 11.2. The van der Waals surface area contributed by atoms with E-state index in [0.29, 0.717) is 6.07 Å². The molecule has 0 atom stereocenters. The van der Waals surface area contributed by atoms with Gasteiger partial charge in [-0.1, -0.05) is 0 Å². The molecule has 1 aromatic rings. The SMILES string of the molecule is N#CCc1c(C#N)c(C#N)c(C(F)(F)F)c(C(F)(F)F)c1C(F)(F)F. The topological polar surface area (TPSA) is 71.4 Å². The van der Waals surface area contributed by atoms with Crippen LogP contribution >= 0.6 is 0 Å². The number of nitrogens with zero attached hydrogens (tertiary/aromatic N) is 3. The zero-order valence-corrected chi connectivity index (χ0v) is 11.5. The predicted molar refractivity (Wildman–Crippen MR) is 60.2 cm³/mol. The molecule has 0 aliphatic carbocycles. The van der Waals surface area contributed by atoms with Crippen LogP contribution in [0.1, 0.15) is 33.4 Å². The van der Waals surface area contributed by atoms with Crippen molar-refractivity contribution in [3.8, 4) is 18.2 Å². The second-order valence-electron chi connectivity index (χ2n) is 4.41. The maximum Gasteiger partial charge on any atom is 0.418 e. The first-order valence-corrected chi connectivity index (χ1v) is 5.83. The minimum atomic E-state index is -6.15. The smallest absolute Gasteiger partial charge is 0.198 e. The Morgan fingerprint density at radius 1 is 0.600 bits per heavy atom. The summed E-state index contributed by atoms with van der Waals surface area (Å²) in [5.41, 5.74) is -14.0. The van der Waals surface area contributed by atoms with E-state index in [4.69, 9.17) is 15.8 Å². The van der Waals surface area contributed by atoms with Crippen molar-refractivity contribution in [3.63, 3.8) is 0 Å². The number of halogens is 9. The van der Waals surface area contributed by atoms with Gasteiger partial charge in [-0.15, -0.1) is 0 Å². The van der Waals surface area contributed by atoms with Crippen molar-refractivity contribution in [1.82, 2.24) is 0 Å². The first kappa shape index (κ1) is 20.1. The van der Waals surface area contributed by atoms with E-state index in [0.717, 1.165) is 12.1 Å². The molecule has 0 radical (unpaired) electrons. The van der Waals surface area contributed by atoms with Crippen LogP contribution in [-0.2, 0) is 24.9 Å². The number of rotatable bonds is 1. The molecule has 0 heterocycles. The Bertz CT molecular complexity index is 824. The van der Waals surface area contributed by atoms with Gasteiger partial charge in [0.05, 0.1) is 40.3 Å². The Balaban J connectivity index is 4.45. The molecule has 0 aliphatic rings. The summed E-state index contributed by atoms with van der Waals surface area (Å²) in [4.78, 5) is 0. The minimum absolute atomic E-state index is 0.692. The molecule has 0 N–H and O–H groups in total. The van der Waals surface area contributed by atoms with Gasteiger partial charge in [0.25, 0.3) is 0 Å². The van der Waals surface area contributed by atoms with Crippen molar-refractivity contribution in [1.29, 1.82) is 15.8 Å². The molecule has 3 nitrogen and oxygen atoms in total. The molecule has 1 rings (SSSR count). The summed E-state index contributed by atoms with van der Waals surface area (Å²) in [6.07, 6.45) is -19.6. The molecule has 0 unspecified atom stereocenters. The highest BCUT2D eigenvalue weighted by molar-refractivity contribution is 5.64. The fourth-order valence-corrected chi connectivity index (χ4v) is 2.17. The minimum Gasteiger partial charge on any atom is -0.198 e. The van der Waals surface area contributed by atoms with Crippen LogP contribution in [0.25, 0.3) is 0 Å². The number of nitriles is 3. The Kier molecular flexibility index (Phi) is 4.96. The van der Waals surface area contributed by atoms with Crippen molar-refractivity contribution in [2.75, 3.05) is 0 Å². The van der Waals surface area contributed by atoms with E-state index in [-0.39, 0.29) is 0 Å². The largest absolute Gasteiger partial charge is 0.418 e. The standard InChI is InChI=1S/C13H2F9N3/c14-11(15,16)8-5(1-2-23)6(3-24)7(4-25)9(12(17,18)19)10(8)13(20,21)22/h1H2. The van der Waals surface area contributed by atoms with Gasteiger partial charge in [-0.05, 0) is 5.56 Å². The van der Waals surface area contributed by atoms with Crippen LogP contribution in [0, 0.1) is 34.0 Å². The average molecular weight is 371 g/mol. The number of benzene rings is 1. The Morgan fingerprint density at radius 3 is 1.28 bits per heavy atom. The van der Waals surface area contributed by atoms with Gasteiger partial charge in [0.2, 0.25) is 0 Å². The molecule has 0 saturated heterocycles. The van der Waals surface area contributed by atoms with Crippen molar-refractivity contribution >= 4 is 0 Å². The van der Waals surface area contributed by atoms with Gasteiger partial charge in [0, 0.05) is 0 Å². The highest BCUT2D eigenvalue weighted by Crippen LogP contribution is 2.50. The monoisotopic (exact) mass is 371 g/mol. The molecule has 0 bridgehead atoms. The van der Waals surface area contributed by atoms with Gasteiger partial charge in [-0.25, -0.2) is 0 Å². The number of hydrogen-bond donors (Lipinski definition) is 0. The van der Waals surface area contributed by atoms with Crippen LogP contribution in [0.4, 0.5) is 39.5 Å². The van der Waals surface area contributed by atoms with Crippen LogP contribution in [0.2, 0.25) is 0 Å². The van der Waals surface area contributed by atoms with Crippen molar-refractivity contribution < 1.29 is 39.5 Å². The summed E-state index contributed by atoms with van der Waals surface area (Å²) in [6, 6.07) is 2.61. The highest BCUT2D eigenvalue weighted by atomic mass is 19.4. The molecule has 1 aromatic carbocycles. The van der Waals surface area contributed by atoms with E-state index in [1.165, 1.54) is 0 Å². The van der Waals surface area contributed by atoms with Crippen LogP contribution in [0.5, 0.6) is 0 Å². The molecule has 0 fully saturated rings. The first-order valence-electron chi connectivity index (χ1n) is 5.83. The third-order valence-electron chi connectivity index (χ3n) is 2.93. The quantitative estimate of drug-likeness (QED) is 0.680. The Labute approximate surface area is 133 Å². The maximum atomic E-state index is 13.1. The van der Waals surface area contributed by atoms with E-state index >= 15 is 0 Å². The zero-order valence-electron chi connectivity index (χ0n) is 11.5. The number of alkyl halides is 9. The fourth-order valence-electron chi connectivity index (χ4n) is 2.17.